The lowest BCUT2D eigenvalue weighted by Crippen LogP contribution is -2.42. The summed E-state index contributed by atoms with van der Waals surface area (Å²) in [7, 11) is -2.48. The lowest BCUT2D eigenvalue weighted by atomic mass is 10.1. The molecule has 21 heavy (non-hydrogen) atoms. The van der Waals surface area contributed by atoms with Gasteiger partial charge in [0.05, 0.1) is 25.2 Å². The van der Waals surface area contributed by atoms with Crippen LogP contribution in [0.5, 0.6) is 0 Å². The molecule has 4 N–H and O–H groups in total. The third-order valence-electron chi connectivity index (χ3n) is 3.25. The number of nitrogens with zero attached hydrogens (tertiary/aromatic N) is 1. The fourth-order valence-electron chi connectivity index (χ4n) is 2.11. The fourth-order valence-corrected chi connectivity index (χ4v) is 3.44. The molecule has 1 aromatic heterocycles. The van der Waals surface area contributed by atoms with Gasteiger partial charge in [0.25, 0.3) is 5.91 Å². The standard InChI is InChI=1S/C11H15N3O6S/c1-14-3-6(2-9(14)10(12)15)21(18,19)13-8-5-20-4-7(8)11(16)17/h2-3,7-8,13H,4-5H2,1H3,(H2,12,15)(H,16,17). The van der Waals surface area contributed by atoms with Crippen LogP contribution in [0.1, 0.15) is 10.5 Å². The van der Waals surface area contributed by atoms with Gasteiger partial charge in [-0.05, 0) is 6.07 Å². The Morgan fingerprint density at radius 3 is 2.67 bits per heavy atom. The van der Waals surface area contributed by atoms with Crippen molar-refractivity contribution in [2.75, 3.05) is 13.2 Å². The monoisotopic (exact) mass is 317 g/mol. The van der Waals surface area contributed by atoms with Crippen molar-refractivity contribution in [1.29, 1.82) is 0 Å². The number of rotatable bonds is 5. The molecule has 0 aromatic carbocycles. The van der Waals surface area contributed by atoms with Gasteiger partial charge in [-0.1, -0.05) is 0 Å². The van der Waals surface area contributed by atoms with Crippen molar-refractivity contribution >= 4 is 21.9 Å². The molecule has 1 fully saturated rings. The van der Waals surface area contributed by atoms with Crippen LogP contribution >= 0.6 is 0 Å². The van der Waals surface area contributed by atoms with Gasteiger partial charge in [0.15, 0.2) is 0 Å². The van der Waals surface area contributed by atoms with E-state index in [4.69, 9.17) is 15.6 Å². The normalized spacial score (nSPS) is 22.3. The summed E-state index contributed by atoms with van der Waals surface area (Å²) >= 11 is 0. The van der Waals surface area contributed by atoms with Gasteiger partial charge < -0.3 is 20.1 Å². The SMILES string of the molecule is Cn1cc(S(=O)(=O)NC2COCC2C(=O)O)cc1C(N)=O. The summed E-state index contributed by atoms with van der Waals surface area (Å²) in [4.78, 5) is 22.0. The zero-order chi connectivity index (χ0) is 15.8. The minimum absolute atomic E-state index is 0.0221. The number of nitrogens with one attached hydrogen (secondary N) is 1. The van der Waals surface area contributed by atoms with E-state index in [0.717, 1.165) is 6.07 Å². The third-order valence-corrected chi connectivity index (χ3v) is 4.70. The number of carbonyl (C=O) groups excluding carboxylic acids is 1. The van der Waals surface area contributed by atoms with Gasteiger partial charge in [0.1, 0.15) is 10.6 Å². The second-order valence-corrected chi connectivity index (χ2v) is 6.46. The van der Waals surface area contributed by atoms with Gasteiger partial charge >= 0.3 is 5.97 Å². The highest BCUT2D eigenvalue weighted by Crippen LogP contribution is 2.19. The van der Waals surface area contributed by atoms with E-state index in [2.05, 4.69) is 4.72 Å². The van der Waals surface area contributed by atoms with E-state index < -0.39 is 33.9 Å². The molecule has 0 spiro atoms. The number of nitrogens with two attached hydrogens (primary N) is 1. The van der Waals surface area contributed by atoms with E-state index in [1.165, 1.54) is 17.8 Å². The Hall–Kier alpha value is -1.91. The fraction of sp³-hybridized carbons (Fsp3) is 0.455. The minimum Gasteiger partial charge on any atom is -0.481 e. The van der Waals surface area contributed by atoms with Crippen molar-refractivity contribution in [3.05, 3.63) is 18.0 Å². The number of hydrogen-bond acceptors (Lipinski definition) is 5. The number of carboxylic acid groups (broad SMARTS) is 1. The van der Waals surface area contributed by atoms with Crippen LogP contribution in [0.25, 0.3) is 0 Å². The second-order valence-electron chi connectivity index (χ2n) is 4.75. The molecule has 0 aliphatic carbocycles. The Bertz CT molecular complexity index is 680. The van der Waals surface area contributed by atoms with Crippen LogP contribution in [0.3, 0.4) is 0 Å². The first-order valence-corrected chi connectivity index (χ1v) is 7.49. The molecule has 116 valence electrons. The van der Waals surface area contributed by atoms with Crippen molar-refractivity contribution in [3.63, 3.8) is 0 Å². The third kappa shape index (κ3) is 3.06. The number of aliphatic carboxylic acids is 1. The van der Waals surface area contributed by atoms with Gasteiger partial charge in [0, 0.05) is 13.2 Å². The van der Waals surface area contributed by atoms with E-state index in [1.54, 1.807) is 0 Å². The van der Waals surface area contributed by atoms with E-state index in [0.29, 0.717) is 0 Å². The van der Waals surface area contributed by atoms with Gasteiger partial charge in [-0.2, -0.15) is 0 Å². The molecule has 2 atom stereocenters. The predicted molar refractivity (Wildman–Crippen MR) is 70.0 cm³/mol. The minimum atomic E-state index is -3.97. The van der Waals surface area contributed by atoms with E-state index in [1.807, 2.05) is 0 Å². The van der Waals surface area contributed by atoms with Gasteiger partial charge in [-0.3, -0.25) is 9.59 Å². The summed E-state index contributed by atoms with van der Waals surface area (Å²) in [6, 6.07) is 0.278. The number of sulfonamides is 1. The molecule has 9 nitrogen and oxygen atoms in total. The van der Waals surface area contributed by atoms with Crippen molar-refractivity contribution < 1.29 is 27.9 Å². The summed E-state index contributed by atoms with van der Waals surface area (Å²) in [5.74, 6) is -2.84. The number of aromatic nitrogens is 1. The Balaban J connectivity index is 2.24. The van der Waals surface area contributed by atoms with E-state index >= 15 is 0 Å². The molecule has 0 bridgehead atoms. The molecule has 10 heteroatoms. The van der Waals surface area contributed by atoms with Crippen molar-refractivity contribution in [2.24, 2.45) is 18.7 Å². The van der Waals surface area contributed by atoms with Crippen LogP contribution in [-0.4, -0.2) is 49.2 Å². The average Bonchev–Trinajstić information content (AvgIpc) is 2.95. The first kappa shape index (κ1) is 15.5. The Morgan fingerprint density at radius 2 is 2.14 bits per heavy atom. The largest absolute Gasteiger partial charge is 0.481 e. The first-order chi connectivity index (χ1) is 9.72. The molecule has 1 aliphatic heterocycles. The number of hydrogen-bond donors (Lipinski definition) is 3. The molecular formula is C11H15N3O6S. The molecule has 1 amide bonds. The number of carboxylic acids is 1. The highest BCUT2D eigenvalue weighted by atomic mass is 32.2. The van der Waals surface area contributed by atoms with Crippen LogP contribution < -0.4 is 10.5 Å². The van der Waals surface area contributed by atoms with Gasteiger partial charge in [0.2, 0.25) is 10.0 Å². The maximum Gasteiger partial charge on any atom is 0.310 e. The predicted octanol–water partition coefficient (Wildman–Crippen LogP) is -1.50. The van der Waals surface area contributed by atoms with Crippen LogP contribution in [0, 0.1) is 5.92 Å². The first-order valence-electron chi connectivity index (χ1n) is 6.01. The molecule has 1 aromatic rings. The Kier molecular flexibility index (Phi) is 4.03. The van der Waals surface area contributed by atoms with Crippen LogP contribution in [-0.2, 0) is 26.6 Å². The lowest BCUT2D eigenvalue weighted by Gasteiger charge is -2.15. The average molecular weight is 317 g/mol. The maximum atomic E-state index is 12.2. The zero-order valence-electron chi connectivity index (χ0n) is 11.1. The number of ether oxygens (including phenoxy) is 1. The number of primary amides is 1. The highest BCUT2D eigenvalue weighted by Gasteiger charge is 2.37. The zero-order valence-corrected chi connectivity index (χ0v) is 12.0. The molecule has 0 saturated carbocycles. The highest BCUT2D eigenvalue weighted by molar-refractivity contribution is 7.89. The smallest absolute Gasteiger partial charge is 0.310 e. The number of amides is 1. The van der Waals surface area contributed by atoms with Crippen LogP contribution in [0.15, 0.2) is 17.2 Å². The maximum absolute atomic E-state index is 12.2. The van der Waals surface area contributed by atoms with Crippen LogP contribution in [0.4, 0.5) is 0 Å². The van der Waals surface area contributed by atoms with E-state index in [-0.39, 0.29) is 23.8 Å². The Labute approximate surface area is 120 Å². The Morgan fingerprint density at radius 1 is 1.48 bits per heavy atom. The quantitative estimate of drug-likeness (QED) is 0.603. The van der Waals surface area contributed by atoms with Crippen molar-refractivity contribution in [3.8, 4) is 0 Å². The van der Waals surface area contributed by atoms with Crippen LogP contribution in [0.2, 0.25) is 0 Å². The van der Waals surface area contributed by atoms with Crippen molar-refractivity contribution in [2.45, 2.75) is 10.9 Å². The molecule has 1 saturated heterocycles. The summed E-state index contributed by atoms with van der Waals surface area (Å²) in [6.07, 6.45) is 1.23. The molecule has 2 unspecified atom stereocenters. The molecule has 2 heterocycles. The molecule has 0 radical (unpaired) electrons. The summed E-state index contributed by atoms with van der Waals surface area (Å²) in [5, 5.41) is 8.99. The number of carbonyl (C=O) groups is 2. The summed E-state index contributed by atoms with van der Waals surface area (Å²) in [6.45, 7) is -0.0739. The lowest BCUT2D eigenvalue weighted by molar-refractivity contribution is -0.142. The summed E-state index contributed by atoms with van der Waals surface area (Å²) < 4.78 is 33.0. The molecule has 2 rings (SSSR count). The topological polar surface area (TPSA) is 141 Å². The second kappa shape index (κ2) is 5.47. The van der Waals surface area contributed by atoms with Gasteiger partial charge in [-0.15, -0.1) is 0 Å². The van der Waals surface area contributed by atoms with Crippen molar-refractivity contribution in [1.82, 2.24) is 9.29 Å². The van der Waals surface area contributed by atoms with Gasteiger partial charge in [-0.25, -0.2) is 13.1 Å². The summed E-state index contributed by atoms with van der Waals surface area (Å²) in [5.41, 5.74) is 5.16. The molecule has 1 aliphatic rings. The molecular weight excluding hydrogens is 302 g/mol. The number of aryl methyl sites for hydroxylation is 1. The van der Waals surface area contributed by atoms with E-state index in [9.17, 15) is 18.0 Å².